The van der Waals surface area contributed by atoms with Gasteiger partial charge in [0.25, 0.3) is 0 Å². The van der Waals surface area contributed by atoms with Gasteiger partial charge in [0.15, 0.2) is 34.3 Å². The molecule has 0 saturated carbocycles. The van der Waals surface area contributed by atoms with E-state index in [9.17, 15) is 29.7 Å². The third-order valence-electron chi connectivity index (χ3n) is 4.77. The summed E-state index contributed by atoms with van der Waals surface area (Å²) in [5.41, 5.74) is 0.336. The number of phenols is 3. The van der Waals surface area contributed by atoms with E-state index in [4.69, 9.17) is 18.6 Å². The molecule has 10 nitrogen and oxygen atoms in total. The Hall–Kier alpha value is -4.73. The van der Waals surface area contributed by atoms with Crippen LogP contribution in [0.1, 0.15) is 20.8 Å². The summed E-state index contributed by atoms with van der Waals surface area (Å²) >= 11 is 0. The molecule has 0 bridgehead atoms. The maximum atomic E-state index is 12.1. The van der Waals surface area contributed by atoms with Crippen LogP contribution in [0.4, 0.5) is 0 Å². The molecule has 0 unspecified atom stereocenters. The van der Waals surface area contributed by atoms with Crippen LogP contribution < -0.4 is 14.2 Å². The van der Waals surface area contributed by atoms with Crippen LogP contribution in [0.5, 0.6) is 34.5 Å². The van der Waals surface area contributed by atoms with Gasteiger partial charge in [0, 0.05) is 32.2 Å². The molecule has 0 aliphatic rings. The van der Waals surface area contributed by atoms with Crippen molar-refractivity contribution in [2.75, 3.05) is 0 Å². The number of rotatable bonds is 4. The summed E-state index contributed by atoms with van der Waals surface area (Å²) in [5, 5.41) is 29.9. The van der Waals surface area contributed by atoms with Crippen molar-refractivity contribution in [3.8, 4) is 45.6 Å². The molecular formula is C24H18O10. The lowest BCUT2D eigenvalue weighted by Gasteiger charge is -2.18. The van der Waals surface area contributed by atoms with Crippen LogP contribution in [0.15, 0.2) is 40.8 Å². The first kappa shape index (κ1) is 22.5. The fourth-order valence-electron chi connectivity index (χ4n) is 3.56. The molecule has 0 spiro atoms. The van der Waals surface area contributed by atoms with Crippen LogP contribution in [0.3, 0.4) is 0 Å². The second-order valence-corrected chi connectivity index (χ2v) is 7.33. The third-order valence-corrected chi connectivity index (χ3v) is 4.77. The Labute approximate surface area is 191 Å². The molecule has 0 aliphatic heterocycles. The molecule has 10 heteroatoms. The molecule has 3 aromatic carbocycles. The zero-order chi connectivity index (χ0) is 24.7. The Bertz CT molecular complexity index is 1480. The zero-order valence-electron chi connectivity index (χ0n) is 18.2. The highest BCUT2D eigenvalue weighted by Gasteiger charge is 2.31. The Kier molecular flexibility index (Phi) is 5.50. The maximum absolute atomic E-state index is 12.1. The van der Waals surface area contributed by atoms with Crippen molar-refractivity contribution in [2.24, 2.45) is 0 Å². The third kappa shape index (κ3) is 3.92. The van der Waals surface area contributed by atoms with Crippen molar-refractivity contribution >= 4 is 39.8 Å². The molecule has 3 N–H and O–H groups in total. The Morgan fingerprint density at radius 3 is 1.85 bits per heavy atom. The van der Waals surface area contributed by atoms with Crippen LogP contribution in [0, 0.1) is 0 Å². The quantitative estimate of drug-likeness (QED) is 0.227. The molecule has 1 heterocycles. The number of hydrogen-bond acceptors (Lipinski definition) is 10. The lowest BCUT2D eigenvalue weighted by atomic mass is 9.99. The fourth-order valence-corrected chi connectivity index (χ4v) is 3.56. The van der Waals surface area contributed by atoms with Crippen molar-refractivity contribution in [2.45, 2.75) is 20.8 Å². The smallest absolute Gasteiger partial charge is 0.308 e. The van der Waals surface area contributed by atoms with E-state index in [0.29, 0.717) is 5.56 Å². The van der Waals surface area contributed by atoms with Gasteiger partial charge in [-0.2, -0.15) is 0 Å². The summed E-state index contributed by atoms with van der Waals surface area (Å²) in [5.74, 6) is -3.95. The molecule has 0 saturated heterocycles. The average Bonchev–Trinajstić information content (AvgIpc) is 3.09. The first-order valence-corrected chi connectivity index (χ1v) is 9.89. The Morgan fingerprint density at radius 1 is 0.735 bits per heavy atom. The van der Waals surface area contributed by atoms with Gasteiger partial charge in [0.05, 0.1) is 10.9 Å². The lowest BCUT2D eigenvalue weighted by molar-refractivity contribution is -0.134. The number of hydrogen-bond donors (Lipinski definition) is 3. The van der Waals surface area contributed by atoms with E-state index >= 15 is 0 Å². The van der Waals surface area contributed by atoms with Gasteiger partial charge in [0.1, 0.15) is 11.3 Å². The molecule has 4 rings (SSSR count). The lowest BCUT2D eigenvalue weighted by Crippen LogP contribution is -2.11. The number of benzene rings is 3. The largest absolute Gasteiger partial charge is 0.508 e. The molecule has 1 aromatic heterocycles. The van der Waals surface area contributed by atoms with Crippen LogP contribution in [0.25, 0.3) is 33.1 Å². The van der Waals surface area contributed by atoms with E-state index in [1.807, 2.05) is 0 Å². The van der Waals surface area contributed by atoms with Gasteiger partial charge in [0.2, 0.25) is 0 Å². The van der Waals surface area contributed by atoms with Crippen molar-refractivity contribution in [1.29, 1.82) is 0 Å². The number of fused-ring (bicyclic) bond motifs is 3. The summed E-state index contributed by atoms with van der Waals surface area (Å²) in [6, 6.07) is 7.94. The number of furan rings is 1. The summed E-state index contributed by atoms with van der Waals surface area (Å²) in [7, 11) is 0. The second kappa shape index (κ2) is 8.32. The standard InChI is InChI=1S/C24H18O10/c1-10(25)31-21-19(13-4-6-14(28)7-5-13)22(32-11(2)26)24-20(23(21)33-12(3)27)15-8-16(29)17(30)9-18(15)34-24/h4-9,28-30H,1-3H3. The van der Waals surface area contributed by atoms with E-state index in [2.05, 4.69) is 0 Å². The van der Waals surface area contributed by atoms with Crippen molar-refractivity contribution < 1.29 is 48.3 Å². The van der Waals surface area contributed by atoms with Crippen LogP contribution >= 0.6 is 0 Å². The summed E-state index contributed by atoms with van der Waals surface area (Å²) < 4.78 is 22.2. The van der Waals surface area contributed by atoms with Crippen LogP contribution in [-0.4, -0.2) is 33.2 Å². The van der Waals surface area contributed by atoms with Crippen LogP contribution in [-0.2, 0) is 14.4 Å². The van der Waals surface area contributed by atoms with Crippen molar-refractivity contribution in [1.82, 2.24) is 0 Å². The summed E-state index contributed by atoms with van der Waals surface area (Å²) in [4.78, 5) is 36.1. The minimum atomic E-state index is -0.769. The molecule has 0 atom stereocenters. The number of aromatic hydroxyl groups is 3. The number of carbonyl (C=O) groups is 3. The molecule has 0 radical (unpaired) electrons. The summed E-state index contributed by atoms with van der Waals surface area (Å²) in [6.07, 6.45) is 0. The van der Waals surface area contributed by atoms with Gasteiger partial charge in [-0.25, -0.2) is 0 Å². The van der Waals surface area contributed by atoms with Crippen molar-refractivity contribution in [3.63, 3.8) is 0 Å². The number of esters is 3. The minimum Gasteiger partial charge on any atom is -0.508 e. The van der Waals surface area contributed by atoms with E-state index in [1.54, 1.807) is 0 Å². The number of carbonyl (C=O) groups excluding carboxylic acids is 3. The molecule has 0 aliphatic carbocycles. The molecule has 0 amide bonds. The van der Waals surface area contributed by atoms with E-state index in [0.717, 1.165) is 26.8 Å². The van der Waals surface area contributed by atoms with Gasteiger partial charge in [-0.3, -0.25) is 14.4 Å². The van der Waals surface area contributed by atoms with E-state index < -0.39 is 29.4 Å². The number of ether oxygens (including phenoxy) is 3. The molecular weight excluding hydrogens is 448 g/mol. The van der Waals surface area contributed by atoms with Crippen molar-refractivity contribution in [3.05, 3.63) is 36.4 Å². The zero-order valence-corrected chi connectivity index (χ0v) is 18.2. The predicted octanol–water partition coefficient (Wildman–Crippen LogP) is 4.15. The van der Waals surface area contributed by atoms with Gasteiger partial charge in [-0.1, -0.05) is 12.1 Å². The first-order valence-electron chi connectivity index (χ1n) is 9.89. The highest BCUT2D eigenvalue weighted by Crippen LogP contribution is 2.55. The van der Waals surface area contributed by atoms with Gasteiger partial charge < -0.3 is 33.9 Å². The molecule has 4 aromatic rings. The van der Waals surface area contributed by atoms with Gasteiger partial charge >= 0.3 is 17.9 Å². The maximum Gasteiger partial charge on any atom is 0.308 e. The average molecular weight is 466 g/mol. The predicted molar refractivity (Wildman–Crippen MR) is 118 cm³/mol. The van der Waals surface area contributed by atoms with Crippen LogP contribution in [0.2, 0.25) is 0 Å². The molecule has 174 valence electrons. The van der Waals surface area contributed by atoms with Gasteiger partial charge in [-0.05, 0) is 23.8 Å². The van der Waals surface area contributed by atoms with E-state index in [1.165, 1.54) is 30.3 Å². The fraction of sp³-hybridized carbons (Fsp3) is 0.125. The first-order chi connectivity index (χ1) is 16.1. The Balaban J connectivity index is 2.28. The molecule has 0 fully saturated rings. The highest BCUT2D eigenvalue weighted by molar-refractivity contribution is 6.16. The number of phenolic OH excluding ortho intramolecular Hbond substituents is 3. The minimum absolute atomic E-state index is 0.0293. The Morgan fingerprint density at radius 2 is 1.26 bits per heavy atom. The van der Waals surface area contributed by atoms with Gasteiger partial charge in [-0.15, -0.1) is 0 Å². The summed E-state index contributed by atoms with van der Waals surface area (Å²) in [6.45, 7) is 3.42. The monoisotopic (exact) mass is 466 g/mol. The normalized spacial score (nSPS) is 10.9. The van der Waals surface area contributed by atoms with E-state index in [-0.39, 0.29) is 50.5 Å². The molecule has 34 heavy (non-hydrogen) atoms. The topological polar surface area (TPSA) is 153 Å². The highest BCUT2D eigenvalue weighted by atomic mass is 16.6. The second-order valence-electron chi connectivity index (χ2n) is 7.33. The SMILES string of the molecule is CC(=O)Oc1c(-c2ccc(O)cc2)c(OC(C)=O)c2oc3cc(O)c(O)cc3c2c1OC(C)=O.